The van der Waals surface area contributed by atoms with Gasteiger partial charge in [-0.15, -0.1) is 0 Å². The predicted molar refractivity (Wildman–Crippen MR) is 56.5 cm³/mol. The van der Waals surface area contributed by atoms with Crippen molar-refractivity contribution in [1.82, 2.24) is 4.90 Å². The van der Waals surface area contributed by atoms with Gasteiger partial charge in [-0.3, -0.25) is 14.5 Å². The van der Waals surface area contributed by atoms with Gasteiger partial charge in [-0.1, -0.05) is 21.4 Å². The Kier molecular flexibility index (Phi) is 2.50. The summed E-state index contributed by atoms with van der Waals surface area (Å²) in [4.78, 5) is 23.9. The number of alkyl halides is 2. The smallest absolute Gasteiger partial charge is 0.269 e. The molecule has 1 heterocycles. The lowest BCUT2D eigenvalue weighted by molar-refractivity contribution is 0.0381. The van der Waals surface area contributed by atoms with Gasteiger partial charge < -0.3 is 0 Å². The first-order chi connectivity index (χ1) is 7.40. The number of rotatable bonds is 2. The van der Waals surface area contributed by atoms with E-state index in [9.17, 15) is 18.4 Å². The number of fused-ring (bicyclic) bond motifs is 1. The molecule has 1 atom stereocenters. The predicted octanol–water partition coefficient (Wildman–Crippen LogP) is 1.75. The molecule has 1 aliphatic rings. The third-order valence-electron chi connectivity index (χ3n) is 2.25. The van der Waals surface area contributed by atoms with Gasteiger partial charge in [0.15, 0.2) is 0 Å². The topological polar surface area (TPSA) is 37.4 Å². The molecule has 1 aromatic rings. The highest BCUT2D eigenvalue weighted by Gasteiger charge is 2.39. The van der Waals surface area contributed by atoms with Gasteiger partial charge in [0.25, 0.3) is 17.5 Å². The van der Waals surface area contributed by atoms with Crippen LogP contribution in [-0.2, 0) is 0 Å². The molecule has 2 amide bonds. The standard InChI is InChI=1S/C10H8F2NO2P/c11-10(12,16)5-13-8(14)6-3-1-2-4-7(6)9(13)15/h1-4H,5,16H2. The fourth-order valence-corrected chi connectivity index (χ4v) is 1.78. The Hall–Kier alpha value is -1.35. The molecule has 0 aliphatic carbocycles. The quantitative estimate of drug-likeness (QED) is 0.586. The summed E-state index contributed by atoms with van der Waals surface area (Å²) < 4.78 is 25.5. The zero-order valence-electron chi connectivity index (χ0n) is 8.11. The summed E-state index contributed by atoms with van der Waals surface area (Å²) in [6, 6.07) is 6.09. The second kappa shape index (κ2) is 3.59. The maximum absolute atomic E-state index is 12.8. The lowest BCUT2D eigenvalue weighted by Crippen LogP contribution is -2.37. The Morgan fingerprint density at radius 2 is 1.56 bits per heavy atom. The molecule has 1 aromatic carbocycles. The van der Waals surface area contributed by atoms with E-state index in [2.05, 4.69) is 0 Å². The van der Waals surface area contributed by atoms with Gasteiger partial charge >= 0.3 is 0 Å². The van der Waals surface area contributed by atoms with Crippen LogP contribution in [0.1, 0.15) is 20.7 Å². The maximum Gasteiger partial charge on any atom is 0.276 e. The SMILES string of the molecule is O=C1c2ccccc2C(=O)N1CC(F)(F)P. The van der Waals surface area contributed by atoms with Crippen molar-refractivity contribution in [3.63, 3.8) is 0 Å². The van der Waals surface area contributed by atoms with Crippen molar-refractivity contribution in [2.75, 3.05) is 6.54 Å². The normalized spacial score (nSPS) is 15.6. The lowest BCUT2D eigenvalue weighted by Gasteiger charge is -2.18. The highest BCUT2D eigenvalue weighted by Crippen LogP contribution is 2.29. The number of carbonyl (C=O) groups excluding carboxylic acids is 2. The number of carbonyl (C=O) groups is 2. The number of imide groups is 1. The van der Waals surface area contributed by atoms with Gasteiger partial charge in [-0.05, 0) is 12.1 Å². The Balaban J connectivity index is 2.36. The van der Waals surface area contributed by atoms with Crippen LogP contribution in [0.3, 0.4) is 0 Å². The van der Waals surface area contributed by atoms with Crippen LogP contribution in [0.25, 0.3) is 0 Å². The van der Waals surface area contributed by atoms with Crippen LogP contribution in [0.4, 0.5) is 8.78 Å². The molecule has 84 valence electrons. The number of halogens is 2. The number of hydrogen-bond acceptors (Lipinski definition) is 2. The van der Waals surface area contributed by atoms with Gasteiger partial charge in [0, 0.05) is 0 Å². The Morgan fingerprint density at radius 1 is 1.12 bits per heavy atom. The molecule has 16 heavy (non-hydrogen) atoms. The van der Waals surface area contributed by atoms with E-state index in [0.29, 0.717) is 4.90 Å². The first kappa shape index (κ1) is 11.1. The van der Waals surface area contributed by atoms with Gasteiger partial charge in [0.05, 0.1) is 17.7 Å². The van der Waals surface area contributed by atoms with Gasteiger partial charge in [-0.2, -0.15) is 0 Å². The van der Waals surface area contributed by atoms with E-state index in [1.165, 1.54) is 21.4 Å². The summed E-state index contributed by atoms with van der Waals surface area (Å²) in [6.07, 6.45) is 0. The van der Waals surface area contributed by atoms with Crippen LogP contribution >= 0.6 is 9.24 Å². The van der Waals surface area contributed by atoms with E-state index in [1.807, 2.05) is 0 Å². The summed E-state index contributed by atoms with van der Waals surface area (Å²) in [5.74, 6) is -1.33. The van der Waals surface area contributed by atoms with E-state index in [1.54, 1.807) is 12.1 Å². The van der Waals surface area contributed by atoms with Crippen molar-refractivity contribution in [2.45, 2.75) is 5.66 Å². The fraction of sp³-hybridized carbons (Fsp3) is 0.200. The molecular weight excluding hydrogens is 235 g/mol. The van der Waals surface area contributed by atoms with E-state index in [4.69, 9.17) is 0 Å². The zero-order chi connectivity index (χ0) is 11.9. The van der Waals surface area contributed by atoms with Crippen molar-refractivity contribution in [3.05, 3.63) is 35.4 Å². The van der Waals surface area contributed by atoms with Crippen LogP contribution in [-0.4, -0.2) is 28.9 Å². The van der Waals surface area contributed by atoms with E-state index >= 15 is 0 Å². The van der Waals surface area contributed by atoms with E-state index in [-0.39, 0.29) is 11.1 Å². The first-order valence-electron chi connectivity index (χ1n) is 4.52. The van der Waals surface area contributed by atoms with E-state index in [0.717, 1.165) is 0 Å². The molecule has 0 spiro atoms. The number of hydrogen-bond donors (Lipinski definition) is 0. The molecule has 0 fully saturated rings. The van der Waals surface area contributed by atoms with Crippen LogP contribution in [0.5, 0.6) is 0 Å². The van der Waals surface area contributed by atoms with Gasteiger partial charge in [-0.25, -0.2) is 8.78 Å². The van der Waals surface area contributed by atoms with Crippen molar-refractivity contribution < 1.29 is 18.4 Å². The van der Waals surface area contributed by atoms with Gasteiger partial charge in [0.1, 0.15) is 0 Å². The molecule has 1 unspecified atom stereocenters. The minimum atomic E-state index is -3.16. The lowest BCUT2D eigenvalue weighted by atomic mass is 10.1. The Labute approximate surface area is 92.6 Å². The maximum atomic E-state index is 12.8. The molecule has 0 radical (unpaired) electrons. The minimum Gasteiger partial charge on any atom is -0.269 e. The minimum absolute atomic E-state index is 0.182. The van der Waals surface area contributed by atoms with E-state index < -0.39 is 24.0 Å². The molecule has 0 saturated heterocycles. The van der Waals surface area contributed by atoms with Crippen molar-refractivity contribution in [1.29, 1.82) is 0 Å². The highest BCUT2D eigenvalue weighted by atomic mass is 31.0. The number of amides is 2. The fourth-order valence-electron chi connectivity index (χ4n) is 1.59. The molecule has 1 aliphatic heterocycles. The first-order valence-corrected chi connectivity index (χ1v) is 5.10. The molecular formula is C10H8F2NO2P. The number of nitrogens with zero attached hydrogens (tertiary/aromatic N) is 1. The molecule has 0 saturated carbocycles. The molecule has 2 rings (SSSR count). The summed E-state index contributed by atoms with van der Waals surface area (Å²) in [7, 11) is 1.31. The summed E-state index contributed by atoms with van der Waals surface area (Å²) in [5, 5.41) is 0. The highest BCUT2D eigenvalue weighted by molar-refractivity contribution is 7.18. The number of benzene rings is 1. The second-order valence-corrected chi connectivity index (χ2v) is 4.35. The van der Waals surface area contributed by atoms with Crippen LogP contribution in [0.15, 0.2) is 24.3 Å². The Morgan fingerprint density at radius 3 is 1.94 bits per heavy atom. The summed E-state index contributed by atoms with van der Waals surface area (Å²) >= 11 is 0. The summed E-state index contributed by atoms with van der Waals surface area (Å²) in [5.41, 5.74) is -2.80. The molecule has 0 bridgehead atoms. The third-order valence-corrected chi connectivity index (χ3v) is 2.43. The van der Waals surface area contributed by atoms with Crippen molar-refractivity contribution in [3.8, 4) is 0 Å². The van der Waals surface area contributed by atoms with Crippen molar-refractivity contribution in [2.24, 2.45) is 0 Å². The summed E-state index contributed by atoms with van der Waals surface area (Å²) in [6.45, 7) is -0.913. The molecule has 0 aromatic heterocycles. The second-order valence-electron chi connectivity index (χ2n) is 3.50. The monoisotopic (exact) mass is 243 g/mol. The largest absolute Gasteiger partial charge is 0.276 e. The zero-order valence-corrected chi connectivity index (χ0v) is 9.27. The van der Waals surface area contributed by atoms with Gasteiger partial charge in [0.2, 0.25) is 0 Å². The average Bonchev–Trinajstić information content (AvgIpc) is 2.43. The average molecular weight is 243 g/mol. The molecule has 6 heteroatoms. The molecule has 3 nitrogen and oxygen atoms in total. The van der Waals surface area contributed by atoms with Crippen LogP contribution < -0.4 is 0 Å². The molecule has 0 N–H and O–H groups in total. The van der Waals surface area contributed by atoms with Crippen molar-refractivity contribution >= 4 is 21.1 Å². The van der Waals surface area contributed by atoms with Crippen LogP contribution in [0, 0.1) is 0 Å². The third kappa shape index (κ3) is 1.83. The van der Waals surface area contributed by atoms with Crippen LogP contribution in [0.2, 0.25) is 0 Å². The Bertz CT molecular complexity index is 435.